The number of rotatable bonds is 8. The van der Waals surface area contributed by atoms with Crippen LogP contribution in [0.3, 0.4) is 0 Å². The molecule has 2 atom stereocenters. The first-order valence-corrected chi connectivity index (χ1v) is 10.0. The van der Waals surface area contributed by atoms with Crippen molar-refractivity contribution in [2.75, 3.05) is 6.54 Å². The number of hydrogen-bond acceptors (Lipinski definition) is 4. The van der Waals surface area contributed by atoms with Crippen molar-refractivity contribution in [3.05, 3.63) is 35.9 Å². The van der Waals surface area contributed by atoms with Gasteiger partial charge in [0.25, 0.3) is 0 Å². The quantitative estimate of drug-likeness (QED) is 0.637. The lowest BCUT2D eigenvalue weighted by Crippen LogP contribution is -2.51. The van der Waals surface area contributed by atoms with Crippen molar-refractivity contribution in [3.63, 3.8) is 0 Å². The lowest BCUT2D eigenvalue weighted by molar-refractivity contribution is -0.123. The highest BCUT2D eigenvalue weighted by atomic mass is 16.6. The van der Waals surface area contributed by atoms with Crippen LogP contribution in [0.25, 0.3) is 0 Å². The molecule has 0 spiro atoms. The second-order valence-corrected chi connectivity index (χ2v) is 9.16. The van der Waals surface area contributed by atoms with Gasteiger partial charge in [0.2, 0.25) is 5.91 Å². The van der Waals surface area contributed by atoms with Gasteiger partial charge in [0.05, 0.1) is 6.10 Å². The van der Waals surface area contributed by atoms with E-state index in [1.165, 1.54) is 0 Å². The third kappa shape index (κ3) is 6.51. The average Bonchev–Trinajstić information content (AvgIpc) is 3.38. The van der Waals surface area contributed by atoms with Gasteiger partial charge < -0.3 is 20.5 Å². The van der Waals surface area contributed by atoms with Crippen molar-refractivity contribution < 1.29 is 19.4 Å². The number of alkyl carbamates (subject to hydrolysis) is 1. The predicted molar refractivity (Wildman–Crippen MR) is 109 cm³/mol. The van der Waals surface area contributed by atoms with Gasteiger partial charge in [-0.25, -0.2) is 4.79 Å². The second-order valence-electron chi connectivity index (χ2n) is 9.16. The zero-order valence-electron chi connectivity index (χ0n) is 17.6. The van der Waals surface area contributed by atoms with Crippen LogP contribution in [0.15, 0.2) is 30.3 Å². The van der Waals surface area contributed by atoms with E-state index in [4.69, 9.17) is 4.74 Å². The van der Waals surface area contributed by atoms with Gasteiger partial charge in [-0.15, -0.1) is 0 Å². The standard InChI is InChI=1S/C22H34N2O4/c1-15(2)18(25)22(11-12-22)14-23-19(26)17(13-16-9-7-6-8-10-16)24-20(27)28-21(3,4)5/h6-10,15,17-18,25H,11-14H2,1-5H3,(H,23,26)(H,24,27)/t17-,18-/m0/s1. The molecule has 1 aromatic rings. The Kier molecular flexibility index (Phi) is 7.10. The number of amides is 2. The molecule has 0 aromatic heterocycles. The zero-order valence-corrected chi connectivity index (χ0v) is 17.6. The Balaban J connectivity index is 2.03. The minimum atomic E-state index is -0.746. The molecule has 156 valence electrons. The first kappa shape index (κ1) is 22.2. The monoisotopic (exact) mass is 390 g/mol. The number of benzene rings is 1. The summed E-state index contributed by atoms with van der Waals surface area (Å²) in [4.78, 5) is 25.1. The molecule has 1 saturated carbocycles. The molecular formula is C22H34N2O4. The van der Waals surface area contributed by atoms with E-state index in [9.17, 15) is 14.7 Å². The third-order valence-electron chi connectivity index (χ3n) is 5.06. The summed E-state index contributed by atoms with van der Waals surface area (Å²) >= 11 is 0. The van der Waals surface area contributed by atoms with Crippen LogP contribution < -0.4 is 10.6 Å². The van der Waals surface area contributed by atoms with Crippen LogP contribution in [0.5, 0.6) is 0 Å². The third-order valence-corrected chi connectivity index (χ3v) is 5.06. The normalized spacial score (nSPS) is 17.5. The molecule has 1 aromatic carbocycles. The fourth-order valence-corrected chi connectivity index (χ4v) is 3.34. The van der Waals surface area contributed by atoms with Crippen molar-refractivity contribution >= 4 is 12.0 Å². The molecule has 1 aliphatic rings. The zero-order chi connectivity index (χ0) is 20.9. The molecule has 28 heavy (non-hydrogen) atoms. The van der Waals surface area contributed by atoms with E-state index in [2.05, 4.69) is 10.6 Å². The van der Waals surface area contributed by atoms with Crippen LogP contribution in [0.2, 0.25) is 0 Å². The topological polar surface area (TPSA) is 87.7 Å². The minimum Gasteiger partial charge on any atom is -0.444 e. The Morgan fingerprint density at radius 1 is 1.18 bits per heavy atom. The van der Waals surface area contributed by atoms with Gasteiger partial charge in [0.1, 0.15) is 11.6 Å². The van der Waals surface area contributed by atoms with Gasteiger partial charge in [-0.05, 0) is 45.1 Å². The molecule has 3 N–H and O–H groups in total. The Labute approximate surface area is 168 Å². The first-order valence-electron chi connectivity index (χ1n) is 10.0. The number of aliphatic hydroxyl groups excluding tert-OH is 1. The molecule has 0 saturated heterocycles. The highest BCUT2D eigenvalue weighted by molar-refractivity contribution is 5.86. The van der Waals surface area contributed by atoms with Crippen molar-refractivity contribution in [2.24, 2.45) is 11.3 Å². The van der Waals surface area contributed by atoms with Crippen molar-refractivity contribution in [2.45, 2.75) is 71.6 Å². The molecule has 6 heteroatoms. The van der Waals surface area contributed by atoms with Gasteiger partial charge in [-0.3, -0.25) is 4.79 Å². The van der Waals surface area contributed by atoms with Crippen molar-refractivity contribution in [1.82, 2.24) is 10.6 Å². The molecule has 0 radical (unpaired) electrons. The predicted octanol–water partition coefficient (Wildman–Crippen LogP) is 3.04. The van der Waals surface area contributed by atoms with E-state index in [1.807, 2.05) is 44.2 Å². The van der Waals surface area contributed by atoms with Crippen LogP contribution >= 0.6 is 0 Å². The summed E-state index contributed by atoms with van der Waals surface area (Å²) in [5.41, 5.74) is 0.0618. The van der Waals surface area contributed by atoms with Gasteiger partial charge in [-0.2, -0.15) is 0 Å². The maximum atomic E-state index is 12.9. The van der Waals surface area contributed by atoms with Crippen LogP contribution in [-0.2, 0) is 16.0 Å². The van der Waals surface area contributed by atoms with E-state index >= 15 is 0 Å². The Morgan fingerprint density at radius 3 is 2.29 bits per heavy atom. The summed E-state index contributed by atoms with van der Waals surface area (Å²) in [6, 6.07) is 8.80. The molecule has 2 rings (SSSR count). The Bertz CT molecular complexity index is 663. The fraction of sp³-hybridized carbons (Fsp3) is 0.636. The van der Waals surface area contributed by atoms with Crippen LogP contribution in [0.4, 0.5) is 4.79 Å². The van der Waals surface area contributed by atoms with Gasteiger partial charge in [0.15, 0.2) is 0 Å². The SMILES string of the molecule is CC(C)[C@H](O)C1(CNC(=O)[C@H](Cc2ccccc2)NC(=O)OC(C)(C)C)CC1. The Hall–Kier alpha value is -2.08. The minimum absolute atomic E-state index is 0.138. The maximum absolute atomic E-state index is 12.9. The lowest BCUT2D eigenvalue weighted by Gasteiger charge is -2.27. The number of aliphatic hydroxyl groups is 1. The molecule has 0 bridgehead atoms. The molecule has 1 fully saturated rings. The first-order chi connectivity index (χ1) is 13.0. The second kappa shape index (κ2) is 8.95. The number of carbonyl (C=O) groups excluding carboxylic acids is 2. The van der Waals surface area contributed by atoms with Gasteiger partial charge in [-0.1, -0.05) is 44.2 Å². The van der Waals surface area contributed by atoms with Crippen LogP contribution in [0, 0.1) is 11.3 Å². The summed E-state index contributed by atoms with van der Waals surface area (Å²) in [7, 11) is 0. The molecule has 6 nitrogen and oxygen atoms in total. The fourth-order valence-electron chi connectivity index (χ4n) is 3.34. The molecule has 0 unspecified atom stereocenters. The van der Waals surface area contributed by atoms with Gasteiger partial charge in [0, 0.05) is 18.4 Å². The highest BCUT2D eigenvalue weighted by Gasteiger charge is 2.50. The van der Waals surface area contributed by atoms with Crippen molar-refractivity contribution in [3.8, 4) is 0 Å². The van der Waals surface area contributed by atoms with E-state index < -0.39 is 23.8 Å². The number of ether oxygens (including phenoxy) is 1. The van der Waals surface area contributed by atoms with Gasteiger partial charge >= 0.3 is 6.09 Å². The number of hydrogen-bond donors (Lipinski definition) is 3. The van der Waals surface area contributed by atoms with E-state index in [0.717, 1.165) is 18.4 Å². The summed E-state index contributed by atoms with van der Waals surface area (Å²) in [5.74, 6) is -0.128. The highest BCUT2D eigenvalue weighted by Crippen LogP contribution is 2.50. The smallest absolute Gasteiger partial charge is 0.408 e. The molecular weight excluding hydrogens is 356 g/mol. The summed E-state index contributed by atoms with van der Waals surface area (Å²) in [6.07, 6.45) is 1.10. The summed E-state index contributed by atoms with van der Waals surface area (Å²) < 4.78 is 5.31. The van der Waals surface area contributed by atoms with E-state index in [0.29, 0.717) is 13.0 Å². The number of carbonyl (C=O) groups is 2. The van der Waals surface area contributed by atoms with E-state index in [1.54, 1.807) is 20.8 Å². The van der Waals surface area contributed by atoms with Crippen molar-refractivity contribution in [1.29, 1.82) is 0 Å². The Morgan fingerprint density at radius 2 is 1.79 bits per heavy atom. The molecule has 0 aliphatic heterocycles. The molecule has 1 aliphatic carbocycles. The molecule has 2 amide bonds. The summed E-state index contributed by atoms with van der Waals surface area (Å²) in [6.45, 7) is 9.71. The lowest BCUT2D eigenvalue weighted by atomic mass is 9.90. The number of nitrogens with one attached hydrogen (secondary N) is 2. The van der Waals surface area contributed by atoms with E-state index in [-0.39, 0.29) is 17.2 Å². The summed E-state index contributed by atoms with van der Waals surface area (Å²) in [5, 5.41) is 16.1. The van der Waals surface area contributed by atoms with Crippen LogP contribution in [-0.4, -0.2) is 41.4 Å². The average molecular weight is 391 g/mol. The van der Waals surface area contributed by atoms with Crippen LogP contribution in [0.1, 0.15) is 53.0 Å². The maximum Gasteiger partial charge on any atom is 0.408 e. The molecule has 0 heterocycles. The largest absolute Gasteiger partial charge is 0.444 e.